The lowest BCUT2D eigenvalue weighted by Crippen LogP contribution is -2.23. The fraction of sp³-hybridized carbons (Fsp3) is 0.375. The number of methoxy groups -OCH3 is 1. The highest BCUT2D eigenvalue weighted by Gasteiger charge is 2.21. The van der Waals surface area contributed by atoms with Crippen molar-refractivity contribution < 1.29 is 13.5 Å². The molecule has 5 heteroatoms. The molecule has 1 unspecified atom stereocenters. The maximum atomic E-state index is 14.1. The Kier molecular flexibility index (Phi) is 5.79. The van der Waals surface area contributed by atoms with Crippen LogP contribution in [0.5, 0.6) is 0 Å². The van der Waals surface area contributed by atoms with Gasteiger partial charge >= 0.3 is 0 Å². The molecule has 0 aliphatic carbocycles. The summed E-state index contributed by atoms with van der Waals surface area (Å²) in [5.41, 5.74) is 0.481. The minimum Gasteiger partial charge on any atom is -0.462 e. The molecule has 0 saturated carbocycles. The van der Waals surface area contributed by atoms with Crippen molar-refractivity contribution in [2.45, 2.75) is 26.0 Å². The zero-order chi connectivity index (χ0) is 15.2. The van der Waals surface area contributed by atoms with E-state index in [9.17, 15) is 4.39 Å². The molecule has 0 saturated heterocycles. The van der Waals surface area contributed by atoms with Crippen LogP contribution < -0.4 is 5.32 Å². The molecule has 0 aliphatic heterocycles. The molecule has 0 fully saturated rings. The minimum atomic E-state index is -0.366. The largest absolute Gasteiger partial charge is 0.462 e. The van der Waals surface area contributed by atoms with Gasteiger partial charge in [0, 0.05) is 17.7 Å². The SMILES string of the molecule is CCCNC(c1ccc(COC)o1)c1cc(Cl)ccc1F. The lowest BCUT2D eigenvalue weighted by Gasteiger charge is -2.18. The summed E-state index contributed by atoms with van der Waals surface area (Å²) in [4.78, 5) is 0. The van der Waals surface area contributed by atoms with Gasteiger partial charge in [0.1, 0.15) is 23.9 Å². The van der Waals surface area contributed by atoms with Crippen molar-refractivity contribution in [3.8, 4) is 0 Å². The van der Waals surface area contributed by atoms with E-state index in [1.54, 1.807) is 13.2 Å². The van der Waals surface area contributed by atoms with Crippen molar-refractivity contribution in [3.05, 3.63) is 58.3 Å². The molecule has 1 aromatic heterocycles. The van der Waals surface area contributed by atoms with Crippen molar-refractivity contribution in [2.24, 2.45) is 0 Å². The first kappa shape index (κ1) is 16.0. The first-order valence-electron chi connectivity index (χ1n) is 6.91. The molecule has 0 amide bonds. The van der Waals surface area contributed by atoms with Crippen LogP contribution >= 0.6 is 11.6 Å². The number of rotatable bonds is 7. The van der Waals surface area contributed by atoms with Crippen LogP contribution in [-0.2, 0) is 11.3 Å². The Balaban J connectivity index is 2.34. The van der Waals surface area contributed by atoms with Crippen LogP contribution in [-0.4, -0.2) is 13.7 Å². The minimum absolute atomic E-state index is 0.308. The van der Waals surface area contributed by atoms with E-state index in [2.05, 4.69) is 12.2 Å². The molecule has 3 nitrogen and oxygen atoms in total. The van der Waals surface area contributed by atoms with E-state index in [1.165, 1.54) is 12.1 Å². The van der Waals surface area contributed by atoms with Gasteiger partial charge in [0.25, 0.3) is 0 Å². The summed E-state index contributed by atoms with van der Waals surface area (Å²) < 4.78 is 24.9. The molecule has 0 spiro atoms. The van der Waals surface area contributed by atoms with Gasteiger partial charge in [-0.25, -0.2) is 4.39 Å². The van der Waals surface area contributed by atoms with Crippen LogP contribution in [0, 0.1) is 5.82 Å². The Morgan fingerprint density at radius 2 is 2.14 bits per heavy atom. The summed E-state index contributed by atoms with van der Waals surface area (Å²) in [6, 6.07) is 7.84. The predicted octanol–water partition coefficient (Wildman–Crippen LogP) is 4.31. The number of halogens is 2. The molecular weight excluding hydrogens is 293 g/mol. The smallest absolute Gasteiger partial charge is 0.129 e. The maximum absolute atomic E-state index is 14.1. The van der Waals surface area contributed by atoms with Gasteiger partial charge in [-0.15, -0.1) is 0 Å². The Morgan fingerprint density at radius 1 is 1.33 bits per heavy atom. The number of benzene rings is 1. The molecule has 0 bridgehead atoms. The summed E-state index contributed by atoms with van der Waals surface area (Å²) in [6.45, 7) is 3.19. The van der Waals surface area contributed by atoms with Crippen LogP contribution in [0.25, 0.3) is 0 Å². The molecular formula is C16H19ClFNO2. The topological polar surface area (TPSA) is 34.4 Å². The number of hydrogen-bond acceptors (Lipinski definition) is 3. The van der Waals surface area contributed by atoms with Crippen molar-refractivity contribution in [2.75, 3.05) is 13.7 Å². The van der Waals surface area contributed by atoms with E-state index in [1.807, 2.05) is 12.1 Å². The summed E-state index contributed by atoms with van der Waals surface area (Å²) in [6.07, 6.45) is 0.935. The monoisotopic (exact) mass is 311 g/mol. The quantitative estimate of drug-likeness (QED) is 0.827. The van der Waals surface area contributed by atoms with E-state index in [0.717, 1.165) is 13.0 Å². The summed E-state index contributed by atoms with van der Waals surface area (Å²) >= 11 is 5.99. The Labute approximate surface area is 129 Å². The van der Waals surface area contributed by atoms with E-state index in [-0.39, 0.29) is 11.9 Å². The average Bonchev–Trinajstić information content (AvgIpc) is 2.92. The lowest BCUT2D eigenvalue weighted by atomic mass is 10.0. The van der Waals surface area contributed by atoms with Crippen LogP contribution in [0.2, 0.25) is 5.02 Å². The molecule has 21 heavy (non-hydrogen) atoms. The predicted molar refractivity (Wildman–Crippen MR) is 81.0 cm³/mol. The third-order valence-corrected chi connectivity index (χ3v) is 3.36. The van der Waals surface area contributed by atoms with Gasteiger partial charge < -0.3 is 14.5 Å². The number of nitrogens with one attached hydrogen (secondary N) is 1. The average molecular weight is 312 g/mol. The maximum Gasteiger partial charge on any atom is 0.129 e. The first-order chi connectivity index (χ1) is 10.2. The van der Waals surface area contributed by atoms with Crippen molar-refractivity contribution >= 4 is 11.6 Å². The second kappa shape index (κ2) is 7.59. The fourth-order valence-corrected chi connectivity index (χ4v) is 2.34. The van der Waals surface area contributed by atoms with Crippen molar-refractivity contribution in [1.29, 1.82) is 0 Å². The van der Waals surface area contributed by atoms with Crippen LogP contribution in [0.4, 0.5) is 4.39 Å². The molecule has 1 atom stereocenters. The highest BCUT2D eigenvalue weighted by Crippen LogP contribution is 2.28. The molecule has 1 heterocycles. The van der Waals surface area contributed by atoms with Crippen LogP contribution in [0.3, 0.4) is 0 Å². The van der Waals surface area contributed by atoms with Gasteiger partial charge in [0.15, 0.2) is 0 Å². The van der Waals surface area contributed by atoms with Crippen molar-refractivity contribution in [1.82, 2.24) is 5.32 Å². The van der Waals surface area contributed by atoms with Gasteiger partial charge in [-0.1, -0.05) is 18.5 Å². The van der Waals surface area contributed by atoms with E-state index >= 15 is 0 Å². The fourth-order valence-electron chi connectivity index (χ4n) is 2.16. The summed E-state index contributed by atoms with van der Waals surface area (Å²) in [5.74, 6) is 1.05. The number of ether oxygens (including phenoxy) is 1. The second-order valence-electron chi connectivity index (χ2n) is 4.79. The Hall–Kier alpha value is -1.36. The standard InChI is InChI=1S/C16H19ClFNO2/c1-3-8-19-16(13-9-11(17)4-6-14(13)18)15-7-5-12(21-15)10-20-2/h4-7,9,16,19H,3,8,10H2,1-2H3. The van der Waals surface area contributed by atoms with Gasteiger partial charge in [-0.05, 0) is 43.3 Å². The third-order valence-electron chi connectivity index (χ3n) is 3.12. The second-order valence-corrected chi connectivity index (χ2v) is 5.23. The summed E-state index contributed by atoms with van der Waals surface area (Å²) in [5, 5.41) is 3.79. The molecule has 2 rings (SSSR count). The van der Waals surface area contributed by atoms with E-state index in [0.29, 0.717) is 28.7 Å². The lowest BCUT2D eigenvalue weighted by molar-refractivity contribution is 0.162. The van der Waals surface area contributed by atoms with Gasteiger partial charge in [-0.3, -0.25) is 0 Å². The number of furan rings is 1. The molecule has 2 aromatic rings. The zero-order valence-corrected chi connectivity index (χ0v) is 12.9. The highest BCUT2D eigenvalue weighted by atomic mass is 35.5. The van der Waals surface area contributed by atoms with Crippen LogP contribution in [0.1, 0.15) is 36.5 Å². The molecule has 0 radical (unpaired) electrons. The molecule has 1 aromatic carbocycles. The molecule has 1 N–H and O–H groups in total. The van der Waals surface area contributed by atoms with Gasteiger partial charge in [0.2, 0.25) is 0 Å². The van der Waals surface area contributed by atoms with E-state index in [4.69, 9.17) is 20.8 Å². The van der Waals surface area contributed by atoms with Crippen LogP contribution in [0.15, 0.2) is 34.7 Å². The summed E-state index contributed by atoms with van der Waals surface area (Å²) in [7, 11) is 1.60. The van der Waals surface area contributed by atoms with E-state index < -0.39 is 0 Å². The van der Waals surface area contributed by atoms with Crippen molar-refractivity contribution in [3.63, 3.8) is 0 Å². The molecule has 0 aliphatic rings. The Morgan fingerprint density at radius 3 is 2.86 bits per heavy atom. The first-order valence-corrected chi connectivity index (χ1v) is 7.29. The Bertz CT molecular complexity index is 585. The zero-order valence-electron chi connectivity index (χ0n) is 12.2. The molecule has 114 valence electrons. The highest BCUT2D eigenvalue weighted by molar-refractivity contribution is 6.30. The normalized spacial score (nSPS) is 12.6. The third kappa shape index (κ3) is 4.06. The number of hydrogen-bond donors (Lipinski definition) is 1. The van der Waals surface area contributed by atoms with Gasteiger partial charge in [-0.2, -0.15) is 0 Å². The van der Waals surface area contributed by atoms with Gasteiger partial charge in [0.05, 0.1) is 6.04 Å².